The van der Waals surface area contributed by atoms with Gasteiger partial charge in [-0.15, -0.1) is 0 Å². The fraction of sp³-hybridized carbons (Fsp3) is 0.250. The molecule has 0 saturated heterocycles. The summed E-state index contributed by atoms with van der Waals surface area (Å²) >= 11 is 0. The molecule has 0 radical (unpaired) electrons. The standard InChI is InChI=1S/C56H53BN2O/c1-34-28-48-53-49(29-34)59(46-19-15-21-51-52(46)39-18-13-14-20-50(39)60-51)45-25-23-38(54(3,4)5)31-42(45)57(53)43-32-40-41(56(8,9)27-26-55(40,6)7)33-47(43)58(48)44-24-22-37(30-35(44)2)36-16-11-10-12-17-36/h10-25,28-33H,26-27H2,1-9H3. The number of furan rings is 1. The topological polar surface area (TPSA) is 19.6 Å². The lowest BCUT2D eigenvalue weighted by Crippen LogP contribution is -2.62. The average molecular weight is 781 g/mol. The molecule has 0 fully saturated rings. The molecule has 0 bridgehead atoms. The zero-order valence-corrected chi connectivity index (χ0v) is 36.5. The van der Waals surface area contributed by atoms with Gasteiger partial charge in [-0.2, -0.15) is 0 Å². The molecular formula is C56H53BN2O. The molecule has 0 amide bonds. The first-order chi connectivity index (χ1) is 28.7. The second-order valence-electron chi connectivity index (χ2n) is 20.2. The van der Waals surface area contributed by atoms with E-state index in [-0.39, 0.29) is 23.0 Å². The smallest absolute Gasteiger partial charge is 0.252 e. The van der Waals surface area contributed by atoms with Crippen molar-refractivity contribution in [1.29, 1.82) is 0 Å². The molecule has 7 aromatic carbocycles. The van der Waals surface area contributed by atoms with E-state index in [4.69, 9.17) is 4.42 Å². The summed E-state index contributed by atoms with van der Waals surface area (Å²) in [4.78, 5) is 5.19. The van der Waals surface area contributed by atoms with Crippen LogP contribution >= 0.6 is 0 Å². The molecule has 296 valence electrons. The molecule has 0 unspecified atom stereocenters. The minimum atomic E-state index is -0.0277. The van der Waals surface area contributed by atoms with Gasteiger partial charge in [-0.25, -0.2) is 0 Å². The number of para-hydroxylation sites is 1. The maximum atomic E-state index is 6.55. The van der Waals surface area contributed by atoms with Crippen molar-refractivity contribution in [3.05, 3.63) is 161 Å². The van der Waals surface area contributed by atoms with Crippen molar-refractivity contribution >= 4 is 79.2 Å². The van der Waals surface area contributed by atoms with Gasteiger partial charge in [-0.1, -0.05) is 127 Å². The molecule has 8 aromatic rings. The summed E-state index contributed by atoms with van der Waals surface area (Å²) in [6.07, 6.45) is 2.34. The van der Waals surface area contributed by atoms with E-state index in [2.05, 4.69) is 206 Å². The molecule has 0 saturated carbocycles. The predicted octanol–water partition coefficient (Wildman–Crippen LogP) is 13.6. The first-order valence-electron chi connectivity index (χ1n) is 21.8. The number of anilines is 6. The highest BCUT2D eigenvalue weighted by atomic mass is 16.3. The van der Waals surface area contributed by atoms with Crippen molar-refractivity contribution in [2.75, 3.05) is 9.80 Å². The van der Waals surface area contributed by atoms with E-state index >= 15 is 0 Å². The van der Waals surface area contributed by atoms with E-state index in [9.17, 15) is 0 Å². The number of nitrogens with zero attached hydrogens (tertiary/aromatic N) is 2. The van der Waals surface area contributed by atoms with E-state index in [1.165, 1.54) is 96.6 Å². The molecule has 1 aromatic heterocycles. The monoisotopic (exact) mass is 780 g/mol. The molecule has 3 heterocycles. The van der Waals surface area contributed by atoms with E-state index in [1.54, 1.807) is 0 Å². The number of benzene rings is 7. The molecular weight excluding hydrogens is 727 g/mol. The van der Waals surface area contributed by atoms with Gasteiger partial charge >= 0.3 is 0 Å². The van der Waals surface area contributed by atoms with Gasteiger partial charge in [0, 0.05) is 33.8 Å². The van der Waals surface area contributed by atoms with Crippen molar-refractivity contribution in [1.82, 2.24) is 0 Å². The third kappa shape index (κ3) is 5.42. The van der Waals surface area contributed by atoms with Crippen LogP contribution in [0.2, 0.25) is 0 Å². The Kier molecular flexibility index (Phi) is 7.87. The molecule has 0 spiro atoms. The summed E-state index contributed by atoms with van der Waals surface area (Å²) in [5, 5.41) is 2.28. The fourth-order valence-corrected chi connectivity index (χ4v) is 10.8. The van der Waals surface area contributed by atoms with Gasteiger partial charge in [0.1, 0.15) is 11.2 Å². The van der Waals surface area contributed by atoms with Gasteiger partial charge in [-0.05, 0) is 153 Å². The molecule has 3 aliphatic rings. The molecule has 0 atom stereocenters. The summed E-state index contributed by atoms with van der Waals surface area (Å²) in [5.74, 6) is 0. The molecule has 3 nitrogen and oxygen atoms in total. The highest BCUT2D eigenvalue weighted by Gasteiger charge is 2.47. The third-order valence-electron chi connectivity index (χ3n) is 14.2. The van der Waals surface area contributed by atoms with Crippen molar-refractivity contribution in [3.63, 3.8) is 0 Å². The van der Waals surface area contributed by atoms with Crippen LogP contribution in [0.15, 0.2) is 138 Å². The summed E-state index contributed by atoms with van der Waals surface area (Å²) in [6.45, 7) is 21.5. The van der Waals surface area contributed by atoms with Crippen LogP contribution in [0.5, 0.6) is 0 Å². The second kappa shape index (κ2) is 12.8. The van der Waals surface area contributed by atoms with Crippen LogP contribution in [0.3, 0.4) is 0 Å². The fourth-order valence-electron chi connectivity index (χ4n) is 10.8. The highest BCUT2D eigenvalue weighted by Crippen LogP contribution is 2.52. The Hall–Kier alpha value is -6.00. The lowest BCUT2D eigenvalue weighted by molar-refractivity contribution is 0.332. The number of hydrogen-bond donors (Lipinski definition) is 0. The lowest BCUT2D eigenvalue weighted by Gasteiger charge is -2.48. The normalized spacial score (nSPS) is 16.1. The van der Waals surface area contributed by atoms with E-state index in [0.29, 0.717) is 0 Å². The molecule has 1 aliphatic carbocycles. The summed E-state index contributed by atoms with van der Waals surface area (Å²) in [5.41, 5.74) is 22.7. The van der Waals surface area contributed by atoms with Gasteiger partial charge < -0.3 is 14.2 Å². The molecule has 0 N–H and O–H groups in total. The SMILES string of the molecule is Cc1cc2c3c(c1)N(c1cccc4oc5ccccc5c14)c1ccc(C(C)(C)C)cc1B3c1cc3c(cc1N2c1ccc(-c2ccccc2)cc1C)C(C)(C)CCC3(C)C. The Morgan fingerprint density at radius 2 is 1.17 bits per heavy atom. The van der Waals surface area contributed by atoms with Gasteiger partial charge in [0.15, 0.2) is 0 Å². The van der Waals surface area contributed by atoms with Crippen molar-refractivity contribution in [2.24, 2.45) is 0 Å². The van der Waals surface area contributed by atoms with Crippen LogP contribution in [-0.2, 0) is 16.2 Å². The Balaban J connectivity index is 1.26. The predicted molar refractivity (Wildman–Crippen MR) is 257 cm³/mol. The van der Waals surface area contributed by atoms with Crippen molar-refractivity contribution in [2.45, 2.75) is 91.4 Å². The van der Waals surface area contributed by atoms with Crippen molar-refractivity contribution < 1.29 is 4.42 Å². The largest absolute Gasteiger partial charge is 0.456 e. The maximum Gasteiger partial charge on any atom is 0.252 e. The van der Waals surface area contributed by atoms with Crippen LogP contribution < -0.4 is 26.2 Å². The van der Waals surface area contributed by atoms with Gasteiger partial charge in [0.2, 0.25) is 0 Å². The molecule has 2 aliphatic heterocycles. The molecule has 11 rings (SSSR count). The van der Waals surface area contributed by atoms with Crippen LogP contribution in [0, 0.1) is 13.8 Å². The number of rotatable bonds is 3. The average Bonchev–Trinajstić information content (AvgIpc) is 3.61. The number of fused-ring (bicyclic) bond motifs is 8. The third-order valence-corrected chi connectivity index (χ3v) is 14.2. The minimum Gasteiger partial charge on any atom is -0.456 e. The van der Waals surface area contributed by atoms with Crippen LogP contribution in [-0.4, -0.2) is 6.71 Å². The van der Waals surface area contributed by atoms with Gasteiger partial charge in [-0.3, -0.25) is 0 Å². The maximum absolute atomic E-state index is 6.55. The zero-order valence-electron chi connectivity index (χ0n) is 36.5. The Morgan fingerprint density at radius 3 is 1.88 bits per heavy atom. The number of aryl methyl sites for hydroxylation is 2. The van der Waals surface area contributed by atoms with E-state index < -0.39 is 0 Å². The van der Waals surface area contributed by atoms with Crippen LogP contribution in [0.25, 0.3) is 33.1 Å². The quantitative estimate of drug-likeness (QED) is 0.167. The van der Waals surface area contributed by atoms with Gasteiger partial charge in [0.05, 0.1) is 11.1 Å². The first-order valence-corrected chi connectivity index (χ1v) is 21.8. The Morgan fingerprint density at radius 1 is 0.533 bits per heavy atom. The van der Waals surface area contributed by atoms with Crippen molar-refractivity contribution in [3.8, 4) is 11.1 Å². The highest BCUT2D eigenvalue weighted by molar-refractivity contribution is 7.00. The van der Waals surface area contributed by atoms with E-state index in [0.717, 1.165) is 27.6 Å². The summed E-state index contributed by atoms with van der Waals surface area (Å²) < 4.78 is 6.55. The second-order valence-corrected chi connectivity index (χ2v) is 20.2. The van der Waals surface area contributed by atoms with Gasteiger partial charge in [0.25, 0.3) is 6.71 Å². The lowest BCUT2D eigenvalue weighted by atomic mass is 9.33. The zero-order chi connectivity index (χ0) is 41.5. The summed E-state index contributed by atoms with van der Waals surface area (Å²) in [6, 6.07) is 50.4. The first kappa shape index (κ1) is 37.0. The minimum absolute atomic E-state index is 0.0277. The molecule has 60 heavy (non-hydrogen) atoms. The Labute approximate surface area is 355 Å². The Bertz CT molecular complexity index is 3070. The van der Waals surface area contributed by atoms with Crippen LogP contribution in [0.4, 0.5) is 34.1 Å². The number of hydrogen-bond acceptors (Lipinski definition) is 3. The van der Waals surface area contributed by atoms with Crippen LogP contribution in [0.1, 0.15) is 89.1 Å². The van der Waals surface area contributed by atoms with E-state index in [1.807, 2.05) is 0 Å². The molecule has 4 heteroatoms. The summed E-state index contributed by atoms with van der Waals surface area (Å²) in [7, 11) is 0.